The monoisotopic (exact) mass is 424 g/mol. The van der Waals surface area contributed by atoms with Gasteiger partial charge in [0.25, 0.3) is 5.91 Å². The van der Waals surface area contributed by atoms with Crippen molar-refractivity contribution in [2.24, 2.45) is 0 Å². The third kappa shape index (κ3) is 5.64. The molecule has 30 heavy (non-hydrogen) atoms. The molecule has 0 aliphatic rings. The molecule has 3 rings (SSSR count). The molecule has 0 radical (unpaired) electrons. The van der Waals surface area contributed by atoms with Crippen LogP contribution in [0.15, 0.2) is 54.6 Å². The summed E-state index contributed by atoms with van der Waals surface area (Å²) in [5, 5.41) is 15.1. The number of carbonyl (C=O) groups excluding carboxylic acids is 2. The molecular weight excluding hydrogens is 400 g/mol. The van der Waals surface area contributed by atoms with Crippen molar-refractivity contribution in [1.82, 2.24) is 15.5 Å². The number of anilines is 1. The molecule has 3 aromatic rings. The van der Waals surface area contributed by atoms with Gasteiger partial charge in [-0.25, -0.2) is 0 Å². The smallest absolute Gasteiger partial charge is 0.251 e. The van der Waals surface area contributed by atoms with E-state index in [9.17, 15) is 9.59 Å². The van der Waals surface area contributed by atoms with Crippen molar-refractivity contribution in [1.29, 1.82) is 0 Å². The predicted octanol–water partition coefficient (Wildman–Crippen LogP) is 3.65. The molecule has 7 nitrogen and oxygen atoms in total. The van der Waals surface area contributed by atoms with Gasteiger partial charge in [0.15, 0.2) is 0 Å². The Morgan fingerprint density at radius 1 is 1.10 bits per heavy atom. The van der Waals surface area contributed by atoms with Crippen molar-refractivity contribution in [2.45, 2.75) is 25.7 Å². The second-order valence-corrected chi connectivity index (χ2v) is 7.66. The minimum atomic E-state index is -0.235. The number of hydrogen-bond acceptors (Lipinski definition) is 6. The fraction of sp³-hybridized carbons (Fsp3) is 0.273. The summed E-state index contributed by atoms with van der Waals surface area (Å²) >= 11 is 1.31. The second kappa shape index (κ2) is 10.5. The first-order chi connectivity index (χ1) is 14.6. The van der Waals surface area contributed by atoms with Gasteiger partial charge < -0.3 is 10.1 Å². The van der Waals surface area contributed by atoms with Gasteiger partial charge >= 0.3 is 0 Å². The van der Waals surface area contributed by atoms with Crippen molar-refractivity contribution in [3.63, 3.8) is 0 Å². The van der Waals surface area contributed by atoms with E-state index in [1.165, 1.54) is 11.3 Å². The lowest BCUT2D eigenvalue weighted by atomic mass is 9.96. The SMILES string of the molecule is CCC(C(=O)Nc1nnc(CCNC(=O)c2cccc(OC)c2)s1)c1ccccc1. The zero-order valence-corrected chi connectivity index (χ0v) is 17.7. The quantitative estimate of drug-likeness (QED) is 0.547. The van der Waals surface area contributed by atoms with Gasteiger partial charge in [-0.1, -0.05) is 54.7 Å². The Labute approximate surface area is 179 Å². The fourth-order valence-corrected chi connectivity index (χ4v) is 3.75. The molecular formula is C22H24N4O3S. The van der Waals surface area contributed by atoms with Crippen molar-refractivity contribution in [2.75, 3.05) is 19.0 Å². The van der Waals surface area contributed by atoms with E-state index in [-0.39, 0.29) is 17.7 Å². The minimum Gasteiger partial charge on any atom is -0.497 e. The summed E-state index contributed by atoms with van der Waals surface area (Å²) in [4.78, 5) is 24.9. The van der Waals surface area contributed by atoms with Gasteiger partial charge in [-0.2, -0.15) is 0 Å². The van der Waals surface area contributed by atoms with Crippen molar-refractivity contribution in [3.8, 4) is 5.75 Å². The Balaban J connectivity index is 1.51. The molecule has 0 fully saturated rings. The summed E-state index contributed by atoms with van der Waals surface area (Å²) in [5.41, 5.74) is 1.51. The topological polar surface area (TPSA) is 93.2 Å². The molecule has 1 aromatic heterocycles. The molecule has 0 saturated carbocycles. The highest BCUT2D eigenvalue weighted by Gasteiger charge is 2.20. The van der Waals surface area contributed by atoms with Crippen LogP contribution in [0.3, 0.4) is 0 Å². The highest BCUT2D eigenvalue weighted by Crippen LogP contribution is 2.23. The molecule has 156 valence electrons. The number of carbonyl (C=O) groups is 2. The maximum atomic E-state index is 12.6. The van der Waals surface area contributed by atoms with Crippen LogP contribution in [-0.4, -0.2) is 35.7 Å². The largest absolute Gasteiger partial charge is 0.497 e. The van der Waals surface area contributed by atoms with E-state index in [2.05, 4.69) is 20.8 Å². The van der Waals surface area contributed by atoms with E-state index >= 15 is 0 Å². The van der Waals surface area contributed by atoms with Gasteiger partial charge in [-0.3, -0.25) is 14.9 Å². The van der Waals surface area contributed by atoms with Gasteiger partial charge in [0.05, 0.1) is 13.0 Å². The number of amides is 2. The molecule has 0 spiro atoms. The standard InChI is InChI=1S/C22H24N4O3S/c1-3-18(15-8-5-4-6-9-15)21(28)24-22-26-25-19(30-22)12-13-23-20(27)16-10-7-11-17(14-16)29-2/h4-11,14,18H,3,12-13H2,1-2H3,(H,23,27)(H,24,26,28). The lowest BCUT2D eigenvalue weighted by Gasteiger charge is -2.13. The number of benzene rings is 2. The molecule has 2 amide bonds. The van der Waals surface area contributed by atoms with Gasteiger partial charge in [0.2, 0.25) is 11.0 Å². The van der Waals surface area contributed by atoms with Crippen LogP contribution in [0.5, 0.6) is 5.75 Å². The molecule has 1 heterocycles. The Morgan fingerprint density at radius 2 is 1.90 bits per heavy atom. The van der Waals surface area contributed by atoms with Crippen LogP contribution in [-0.2, 0) is 11.2 Å². The predicted molar refractivity (Wildman–Crippen MR) is 117 cm³/mol. The molecule has 0 aliphatic carbocycles. The Bertz CT molecular complexity index is 991. The first kappa shape index (κ1) is 21.4. The van der Waals surface area contributed by atoms with Gasteiger partial charge in [-0.05, 0) is 30.2 Å². The number of methoxy groups -OCH3 is 1. The summed E-state index contributed by atoms with van der Waals surface area (Å²) < 4.78 is 5.14. The average molecular weight is 425 g/mol. The van der Waals surface area contributed by atoms with Crippen LogP contribution in [0.2, 0.25) is 0 Å². The number of nitrogens with zero attached hydrogens (tertiary/aromatic N) is 2. The molecule has 8 heteroatoms. The summed E-state index contributed by atoms with van der Waals surface area (Å²) in [7, 11) is 1.56. The van der Waals surface area contributed by atoms with Crippen molar-refractivity contribution < 1.29 is 14.3 Å². The van der Waals surface area contributed by atoms with Gasteiger partial charge in [0, 0.05) is 18.5 Å². The van der Waals surface area contributed by atoms with Gasteiger partial charge in [0.1, 0.15) is 10.8 Å². The van der Waals surface area contributed by atoms with Crippen molar-refractivity contribution in [3.05, 3.63) is 70.7 Å². The van der Waals surface area contributed by atoms with Crippen LogP contribution in [0.4, 0.5) is 5.13 Å². The number of rotatable bonds is 9. The van der Waals surface area contributed by atoms with E-state index in [4.69, 9.17) is 4.74 Å². The molecule has 2 aromatic carbocycles. The van der Waals surface area contributed by atoms with Crippen LogP contribution < -0.4 is 15.4 Å². The van der Waals surface area contributed by atoms with Crippen LogP contribution in [0, 0.1) is 0 Å². The maximum Gasteiger partial charge on any atom is 0.251 e. The highest BCUT2D eigenvalue weighted by molar-refractivity contribution is 7.15. The molecule has 1 atom stereocenters. The minimum absolute atomic E-state index is 0.0993. The van der Waals surface area contributed by atoms with E-state index in [0.717, 1.165) is 10.6 Å². The Morgan fingerprint density at radius 3 is 2.63 bits per heavy atom. The fourth-order valence-electron chi connectivity index (χ4n) is 3.00. The number of nitrogens with one attached hydrogen (secondary N) is 2. The zero-order valence-electron chi connectivity index (χ0n) is 16.9. The van der Waals surface area contributed by atoms with Gasteiger partial charge in [-0.15, -0.1) is 10.2 Å². The molecule has 2 N–H and O–H groups in total. The maximum absolute atomic E-state index is 12.6. The molecule has 0 bridgehead atoms. The van der Waals surface area contributed by atoms with E-state index in [1.807, 2.05) is 37.3 Å². The van der Waals surface area contributed by atoms with E-state index < -0.39 is 0 Å². The summed E-state index contributed by atoms with van der Waals surface area (Å²) in [5.74, 6) is 0.118. The summed E-state index contributed by atoms with van der Waals surface area (Å²) in [6, 6.07) is 16.6. The lowest BCUT2D eigenvalue weighted by molar-refractivity contribution is -0.117. The van der Waals surface area contributed by atoms with E-state index in [1.54, 1.807) is 31.4 Å². The lowest BCUT2D eigenvalue weighted by Crippen LogP contribution is -2.25. The summed E-state index contributed by atoms with van der Waals surface area (Å²) in [6.07, 6.45) is 1.22. The second-order valence-electron chi connectivity index (χ2n) is 6.60. The zero-order chi connectivity index (χ0) is 21.3. The Hall–Kier alpha value is -3.26. The van der Waals surface area contributed by atoms with Crippen LogP contribution in [0.1, 0.15) is 40.2 Å². The molecule has 0 aliphatic heterocycles. The normalized spacial score (nSPS) is 11.5. The third-order valence-electron chi connectivity index (χ3n) is 4.58. The number of ether oxygens (including phenoxy) is 1. The average Bonchev–Trinajstić information content (AvgIpc) is 3.22. The van der Waals surface area contributed by atoms with E-state index in [0.29, 0.717) is 35.8 Å². The van der Waals surface area contributed by atoms with Crippen LogP contribution in [0.25, 0.3) is 0 Å². The van der Waals surface area contributed by atoms with Crippen molar-refractivity contribution >= 4 is 28.3 Å². The number of hydrogen-bond donors (Lipinski definition) is 2. The first-order valence-corrected chi connectivity index (χ1v) is 10.5. The highest BCUT2D eigenvalue weighted by atomic mass is 32.1. The first-order valence-electron chi connectivity index (χ1n) is 9.71. The molecule has 0 saturated heterocycles. The number of aromatic nitrogens is 2. The van der Waals surface area contributed by atoms with Crippen LogP contribution >= 0.6 is 11.3 Å². The summed E-state index contributed by atoms with van der Waals surface area (Å²) in [6.45, 7) is 2.40. The third-order valence-corrected chi connectivity index (χ3v) is 5.48. The Kier molecular flexibility index (Phi) is 7.51. The molecule has 1 unspecified atom stereocenters.